The Morgan fingerprint density at radius 3 is 2.19 bits per heavy atom. The van der Waals surface area contributed by atoms with E-state index in [2.05, 4.69) is 4.90 Å². The summed E-state index contributed by atoms with van der Waals surface area (Å²) in [5, 5.41) is 0. The van der Waals surface area contributed by atoms with Gasteiger partial charge in [0.05, 0.1) is 13.2 Å². The van der Waals surface area contributed by atoms with Crippen molar-refractivity contribution < 1.29 is 9.47 Å². The minimum atomic E-state index is 0.396. The van der Waals surface area contributed by atoms with Gasteiger partial charge in [0.25, 0.3) is 0 Å². The molecule has 0 radical (unpaired) electrons. The molecule has 16 heavy (non-hydrogen) atoms. The van der Waals surface area contributed by atoms with Crippen LogP contribution in [-0.2, 0) is 9.47 Å². The van der Waals surface area contributed by atoms with Crippen molar-refractivity contribution in [3.63, 3.8) is 0 Å². The molecule has 0 bridgehead atoms. The third kappa shape index (κ3) is 4.78. The van der Waals surface area contributed by atoms with Gasteiger partial charge in [-0.15, -0.1) is 0 Å². The number of nitrogens with two attached hydrogens (primary N) is 1. The van der Waals surface area contributed by atoms with Crippen LogP contribution >= 0.6 is 0 Å². The number of methoxy groups -OCH3 is 2. The Hall–Kier alpha value is -0.160. The van der Waals surface area contributed by atoms with E-state index in [-0.39, 0.29) is 0 Å². The van der Waals surface area contributed by atoms with Gasteiger partial charge in [-0.1, -0.05) is 6.42 Å². The summed E-state index contributed by atoms with van der Waals surface area (Å²) < 4.78 is 10.3. The smallest absolute Gasteiger partial charge is 0.0589 e. The minimum Gasteiger partial charge on any atom is -0.383 e. The molecule has 1 rings (SSSR count). The zero-order valence-electron chi connectivity index (χ0n) is 10.7. The van der Waals surface area contributed by atoms with Gasteiger partial charge >= 0.3 is 0 Å². The van der Waals surface area contributed by atoms with Crippen LogP contribution in [-0.4, -0.2) is 58.0 Å². The summed E-state index contributed by atoms with van der Waals surface area (Å²) in [5.74, 6) is 0.661. The molecular weight excluding hydrogens is 204 g/mol. The van der Waals surface area contributed by atoms with Crippen molar-refractivity contribution >= 4 is 0 Å². The molecule has 2 unspecified atom stereocenters. The molecule has 0 saturated heterocycles. The second-order valence-electron chi connectivity index (χ2n) is 4.64. The Labute approximate surface area is 99.1 Å². The topological polar surface area (TPSA) is 47.7 Å². The minimum absolute atomic E-state index is 0.396. The molecule has 0 aliphatic heterocycles. The molecule has 1 aliphatic rings. The van der Waals surface area contributed by atoms with Gasteiger partial charge in [-0.2, -0.15) is 0 Å². The molecule has 0 spiro atoms. The van der Waals surface area contributed by atoms with E-state index < -0.39 is 0 Å². The van der Waals surface area contributed by atoms with E-state index in [1.54, 1.807) is 14.2 Å². The Morgan fingerprint density at radius 1 is 1.12 bits per heavy atom. The van der Waals surface area contributed by atoms with Crippen LogP contribution in [0.15, 0.2) is 0 Å². The standard InChI is InChI=1S/C12H26N2O2/c1-15-8-6-14(7-9-16-2)10-11-4-3-5-12(11)13/h11-12H,3-10,13H2,1-2H3. The van der Waals surface area contributed by atoms with Crippen LogP contribution in [0.2, 0.25) is 0 Å². The summed E-state index contributed by atoms with van der Waals surface area (Å²) in [6.45, 7) is 4.61. The van der Waals surface area contributed by atoms with Gasteiger partial charge in [-0.05, 0) is 18.8 Å². The number of rotatable bonds is 8. The van der Waals surface area contributed by atoms with Crippen molar-refractivity contribution in [2.75, 3.05) is 47.1 Å². The fourth-order valence-electron chi connectivity index (χ4n) is 2.36. The van der Waals surface area contributed by atoms with Crippen molar-refractivity contribution in [3.05, 3.63) is 0 Å². The predicted octanol–water partition coefficient (Wildman–Crippen LogP) is 0.709. The lowest BCUT2D eigenvalue weighted by atomic mass is 10.0. The summed E-state index contributed by atoms with van der Waals surface area (Å²) in [6, 6.07) is 0.396. The summed E-state index contributed by atoms with van der Waals surface area (Å²) in [5.41, 5.74) is 6.10. The molecule has 1 fully saturated rings. The van der Waals surface area contributed by atoms with Gasteiger partial charge in [-0.3, -0.25) is 4.90 Å². The highest BCUT2D eigenvalue weighted by Crippen LogP contribution is 2.24. The maximum absolute atomic E-state index is 6.10. The molecule has 2 atom stereocenters. The fourth-order valence-corrected chi connectivity index (χ4v) is 2.36. The Balaban J connectivity index is 2.29. The lowest BCUT2D eigenvalue weighted by Gasteiger charge is -2.26. The van der Waals surface area contributed by atoms with Crippen LogP contribution in [0.3, 0.4) is 0 Å². The normalized spacial score (nSPS) is 25.5. The fraction of sp³-hybridized carbons (Fsp3) is 1.00. The second-order valence-corrected chi connectivity index (χ2v) is 4.64. The van der Waals surface area contributed by atoms with E-state index in [1.165, 1.54) is 19.3 Å². The molecule has 4 nitrogen and oxygen atoms in total. The molecular formula is C12H26N2O2. The van der Waals surface area contributed by atoms with Crippen molar-refractivity contribution in [3.8, 4) is 0 Å². The predicted molar refractivity (Wildman–Crippen MR) is 65.5 cm³/mol. The summed E-state index contributed by atoms with van der Waals surface area (Å²) in [7, 11) is 3.49. The van der Waals surface area contributed by atoms with Gasteiger partial charge in [-0.25, -0.2) is 0 Å². The van der Waals surface area contributed by atoms with E-state index in [0.29, 0.717) is 12.0 Å². The zero-order valence-corrected chi connectivity index (χ0v) is 10.7. The Kier molecular flexibility index (Phi) is 6.96. The Morgan fingerprint density at radius 2 is 1.75 bits per heavy atom. The second kappa shape index (κ2) is 8.01. The zero-order chi connectivity index (χ0) is 11.8. The maximum Gasteiger partial charge on any atom is 0.0589 e. The first-order chi connectivity index (χ1) is 7.77. The molecule has 0 heterocycles. The highest BCUT2D eigenvalue weighted by atomic mass is 16.5. The van der Waals surface area contributed by atoms with Crippen LogP contribution in [0.25, 0.3) is 0 Å². The average Bonchev–Trinajstić information content (AvgIpc) is 2.68. The van der Waals surface area contributed by atoms with Crippen molar-refractivity contribution in [2.24, 2.45) is 11.7 Å². The SMILES string of the molecule is COCCN(CCOC)CC1CCCC1N. The van der Waals surface area contributed by atoms with Gasteiger partial charge in [0, 0.05) is 39.9 Å². The van der Waals surface area contributed by atoms with E-state index in [0.717, 1.165) is 32.8 Å². The van der Waals surface area contributed by atoms with Gasteiger partial charge in [0.15, 0.2) is 0 Å². The lowest BCUT2D eigenvalue weighted by Crippen LogP contribution is -2.39. The number of hydrogen-bond acceptors (Lipinski definition) is 4. The molecule has 0 aromatic rings. The highest BCUT2D eigenvalue weighted by molar-refractivity contribution is 4.82. The molecule has 1 saturated carbocycles. The Bertz CT molecular complexity index is 170. The van der Waals surface area contributed by atoms with Crippen molar-refractivity contribution in [1.82, 2.24) is 4.90 Å². The first kappa shape index (κ1) is 13.9. The summed E-state index contributed by atoms with van der Waals surface area (Å²) >= 11 is 0. The van der Waals surface area contributed by atoms with E-state index >= 15 is 0 Å². The third-order valence-electron chi connectivity index (χ3n) is 3.43. The van der Waals surface area contributed by atoms with Crippen LogP contribution in [0.4, 0.5) is 0 Å². The van der Waals surface area contributed by atoms with E-state index in [1.807, 2.05) is 0 Å². The lowest BCUT2D eigenvalue weighted by molar-refractivity contribution is 0.102. The summed E-state index contributed by atoms with van der Waals surface area (Å²) in [6.07, 6.45) is 3.75. The van der Waals surface area contributed by atoms with Crippen LogP contribution in [0.5, 0.6) is 0 Å². The van der Waals surface area contributed by atoms with Crippen LogP contribution in [0.1, 0.15) is 19.3 Å². The monoisotopic (exact) mass is 230 g/mol. The largest absolute Gasteiger partial charge is 0.383 e. The van der Waals surface area contributed by atoms with Crippen molar-refractivity contribution in [2.45, 2.75) is 25.3 Å². The van der Waals surface area contributed by atoms with Crippen LogP contribution < -0.4 is 5.73 Å². The molecule has 0 aromatic heterocycles. The number of ether oxygens (including phenoxy) is 2. The van der Waals surface area contributed by atoms with Gasteiger partial charge in [0.2, 0.25) is 0 Å². The maximum atomic E-state index is 6.10. The number of hydrogen-bond donors (Lipinski definition) is 1. The average molecular weight is 230 g/mol. The first-order valence-corrected chi connectivity index (χ1v) is 6.23. The highest BCUT2D eigenvalue weighted by Gasteiger charge is 2.25. The van der Waals surface area contributed by atoms with Gasteiger partial charge in [0.1, 0.15) is 0 Å². The van der Waals surface area contributed by atoms with Crippen LogP contribution in [0, 0.1) is 5.92 Å². The number of nitrogens with zero attached hydrogens (tertiary/aromatic N) is 1. The molecule has 0 amide bonds. The first-order valence-electron chi connectivity index (χ1n) is 6.23. The molecule has 96 valence electrons. The van der Waals surface area contributed by atoms with E-state index in [9.17, 15) is 0 Å². The third-order valence-corrected chi connectivity index (χ3v) is 3.43. The molecule has 4 heteroatoms. The van der Waals surface area contributed by atoms with Gasteiger partial charge < -0.3 is 15.2 Å². The summed E-state index contributed by atoms with van der Waals surface area (Å²) in [4.78, 5) is 2.41. The van der Waals surface area contributed by atoms with Crippen molar-refractivity contribution in [1.29, 1.82) is 0 Å². The molecule has 0 aromatic carbocycles. The quantitative estimate of drug-likeness (QED) is 0.667. The molecule has 2 N–H and O–H groups in total. The van der Waals surface area contributed by atoms with E-state index in [4.69, 9.17) is 15.2 Å². The molecule has 1 aliphatic carbocycles.